The molecule has 0 bridgehead atoms. The lowest BCUT2D eigenvalue weighted by atomic mass is 10.2. The number of anilines is 1. The second kappa shape index (κ2) is 6.45. The lowest BCUT2D eigenvalue weighted by Crippen LogP contribution is -2.17. The van der Waals surface area contributed by atoms with Crippen molar-refractivity contribution in [2.45, 2.75) is 32.0 Å². The molecule has 0 spiro atoms. The van der Waals surface area contributed by atoms with Gasteiger partial charge in [0.25, 0.3) is 0 Å². The minimum atomic E-state index is 0.729. The second-order valence-corrected chi connectivity index (χ2v) is 6.32. The molecule has 0 unspecified atom stereocenters. The van der Waals surface area contributed by atoms with Crippen molar-refractivity contribution in [1.29, 1.82) is 0 Å². The largest absolute Gasteiger partial charge is 0.497 e. The highest BCUT2D eigenvalue weighted by Crippen LogP contribution is 2.23. The fourth-order valence-electron chi connectivity index (χ4n) is 2.16. The zero-order chi connectivity index (χ0) is 14.7. The molecule has 1 aromatic carbocycles. The first-order valence-electron chi connectivity index (χ1n) is 7.26. The van der Waals surface area contributed by atoms with E-state index in [0.29, 0.717) is 0 Å². The van der Waals surface area contributed by atoms with Gasteiger partial charge in [-0.1, -0.05) is 12.1 Å². The summed E-state index contributed by atoms with van der Waals surface area (Å²) in [4.78, 5) is 6.88. The Morgan fingerprint density at radius 3 is 2.76 bits per heavy atom. The van der Waals surface area contributed by atoms with Gasteiger partial charge in [-0.3, -0.25) is 0 Å². The Bertz CT molecular complexity index is 577. The third kappa shape index (κ3) is 3.95. The number of nitrogens with one attached hydrogen (secondary N) is 1. The van der Waals surface area contributed by atoms with Crippen LogP contribution >= 0.6 is 11.3 Å². The van der Waals surface area contributed by atoms with Crippen LogP contribution in [0.3, 0.4) is 0 Å². The van der Waals surface area contributed by atoms with Gasteiger partial charge >= 0.3 is 0 Å². The lowest BCUT2D eigenvalue weighted by Gasteiger charge is -2.16. The minimum absolute atomic E-state index is 0.729. The Kier molecular flexibility index (Phi) is 4.41. The molecule has 1 aliphatic rings. The van der Waals surface area contributed by atoms with Crippen LogP contribution in [0.4, 0.5) is 5.13 Å². The number of rotatable bonds is 7. The standard InChI is InChI=1S/C16H21N3OS/c1-19(10-12-3-7-15(20-2)8-4-12)16-18-14(11-21-16)9-17-13-5-6-13/h3-4,7-8,11,13,17H,5-6,9-10H2,1-2H3. The first-order chi connectivity index (χ1) is 10.2. The summed E-state index contributed by atoms with van der Waals surface area (Å²) >= 11 is 1.71. The molecule has 4 nitrogen and oxygen atoms in total. The number of nitrogens with zero attached hydrogens (tertiary/aromatic N) is 2. The Balaban J connectivity index is 1.57. The van der Waals surface area contributed by atoms with E-state index in [4.69, 9.17) is 9.72 Å². The number of benzene rings is 1. The van der Waals surface area contributed by atoms with Crippen LogP contribution in [0.5, 0.6) is 5.75 Å². The predicted molar refractivity (Wildman–Crippen MR) is 87.1 cm³/mol. The van der Waals surface area contributed by atoms with Crippen LogP contribution in [-0.4, -0.2) is 25.2 Å². The first-order valence-corrected chi connectivity index (χ1v) is 8.14. The van der Waals surface area contributed by atoms with E-state index in [1.54, 1.807) is 18.4 Å². The van der Waals surface area contributed by atoms with Crippen molar-refractivity contribution < 1.29 is 4.74 Å². The van der Waals surface area contributed by atoms with Crippen molar-refractivity contribution in [2.24, 2.45) is 0 Å². The Morgan fingerprint density at radius 2 is 2.10 bits per heavy atom. The van der Waals surface area contributed by atoms with Gasteiger partial charge in [-0.05, 0) is 30.5 Å². The van der Waals surface area contributed by atoms with Crippen LogP contribution in [0, 0.1) is 0 Å². The zero-order valence-electron chi connectivity index (χ0n) is 12.5. The molecule has 21 heavy (non-hydrogen) atoms. The molecule has 1 heterocycles. The predicted octanol–water partition coefficient (Wildman–Crippen LogP) is 3.04. The van der Waals surface area contributed by atoms with Crippen molar-refractivity contribution in [3.8, 4) is 5.75 Å². The SMILES string of the molecule is COc1ccc(CN(C)c2nc(CNC3CC3)cs2)cc1. The fourth-order valence-corrected chi connectivity index (χ4v) is 2.95. The molecule has 1 fully saturated rings. The second-order valence-electron chi connectivity index (χ2n) is 5.48. The molecular weight excluding hydrogens is 282 g/mol. The van der Waals surface area contributed by atoms with E-state index >= 15 is 0 Å². The maximum atomic E-state index is 5.18. The quantitative estimate of drug-likeness (QED) is 0.853. The number of thiazole rings is 1. The van der Waals surface area contributed by atoms with Crippen LogP contribution in [-0.2, 0) is 13.1 Å². The van der Waals surface area contributed by atoms with Gasteiger partial charge in [0.1, 0.15) is 5.75 Å². The molecule has 0 saturated heterocycles. The monoisotopic (exact) mass is 303 g/mol. The van der Waals surface area contributed by atoms with E-state index < -0.39 is 0 Å². The molecule has 1 aliphatic carbocycles. The van der Waals surface area contributed by atoms with Gasteiger partial charge in [0.2, 0.25) is 0 Å². The van der Waals surface area contributed by atoms with Gasteiger partial charge in [0, 0.05) is 31.6 Å². The van der Waals surface area contributed by atoms with E-state index in [-0.39, 0.29) is 0 Å². The molecule has 112 valence electrons. The van der Waals surface area contributed by atoms with Crippen molar-refractivity contribution in [3.05, 3.63) is 40.9 Å². The highest BCUT2D eigenvalue weighted by molar-refractivity contribution is 7.13. The summed E-state index contributed by atoms with van der Waals surface area (Å²) in [5, 5.41) is 6.72. The molecule has 5 heteroatoms. The maximum Gasteiger partial charge on any atom is 0.185 e. The molecule has 0 atom stereocenters. The molecule has 1 N–H and O–H groups in total. The van der Waals surface area contributed by atoms with E-state index in [1.807, 2.05) is 12.1 Å². The number of methoxy groups -OCH3 is 1. The zero-order valence-corrected chi connectivity index (χ0v) is 13.3. The summed E-state index contributed by atoms with van der Waals surface area (Å²) in [5.74, 6) is 0.893. The van der Waals surface area contributed by atoms with Gasteiger partial charge < -0.3 is 15.0 Å². The van der Waals surface area contributed by atoms with Gasteiger partial charge in [0.15, 0.2) is 5.13 Å². The van der Waals surface area contributed by atoms with Crippen LogP contribution in [0.15, 0.2) is 29.6 Å². The molecular formula is C16H21N3OS. The lowest BCUT2D eigenvalue weighted by molar-refractivity contribution is 0.414. The topological polar surface area (TPSA) is 37.4 Å². The van der Waals surface area contributed by atoms with Crippen molar-refractivity contribution >= 4 is 16.5 Å². The average molecular weight is 303 g/mol. The van der Waals surface area contributed by atoms with Crippen LogP contribution in [0.25, 0.3) is 0 Å². The van der Waals surface area contributed by atoms with Gasteiger partial charge in [-0.25, -0.2) is 4.98 Å². The van der Waals surface area contributed by atoms with Crippen molar-refractivity contribution in [1.82, 2.24) is 10.3 Å². The van der Waals surface area contributed by atoms with E-state index in [0.717, 1.165) is 35.7 Å². The summed E-state index contributed by atoms with van der Waals surface area (Å²) in [5.41, 5.74) is 2.40. The van der Waals surface area contributed by atoms with Crippen molar-refractivity contribution in [2.75, 3.05) is 19.1 Å². The normalized spacial score (nSPS) is 14.2. The summed E-state index contributed by atoms with van der Waals surface area (Å²) in [6.07, 6.45) is 2.63. The summed E-state index contributed by atoms with van der Waals surface area (Å²) in [6.45, 7) is 1.74. The first kappa shape index (κ1) is 14.4. The molecule has 3 rings (SSSR count). The van der Waals surface area contributed by atoms with E-state index in [1.165, 1.54) is 18.4 Å². The third-order valence-electron chi connectivity index (χ3n) is 3.59. The Labute approximate surface area is 129 Å². The smallest absolute Gasteiger partial charge is 0.185 e. The van der Waals surface area contributed by atoms with Crippen LogP contribution in [0.1, 0.15) is 24.1 Å². The van der Waals surface area contributed by atoms with E-state index in [9.17, 15) is 0 Å². The van der Waals surface area contributed by atoms with Gasteiger partial charge in [-0.2, -0.15) is 0 Å². The molecule has 0 radical (unpaired) electrons. The number of hydrogen-bond donors (Lipinski definition) is 1. The number of aromatic nitrogens is 1. The highest BCUT2D eigenvalue weighted by atomic mass is 32.1. The molecule has 2 aromatic rings. The van der Waals surface area contributed by atoms with E-state index in [2.05, 4.69) is 34.8 Å². The maximum absolute atomic E-state index is 5.18. The average Bonchev–Trinajstić information content (AvgIpc) is 3.22. The molecule has 0 aliphatic heterocycles. The summed E-state index contributed by atoms with van der Waals surface area (Å²) in [6, 6.07) is 8.91. The molecule has 0 amide bonds. The van der Waals surface area contributed by atoms with Crippen LogP contribution < -0.4 is 15.0 Å². The van der Waals surface area contributed by atoms with Gasteiger partial charge in [-0.15, -0.1) is 11.3 Å². The highest BCUT2D eigenvalue weighted by Gasteiger charge is 2.20. The number of hydrogen-bond acceptors (Lipinski definition) is 5. The van der Waals surface area contributed by atoms with Gasteiger partial charge in [0.05, 0.1) is 12.8 Å². The summed E-state index contributed by atoms with van der Waals surface area (Å²) in [7, 11) is 3.77. The Morgan fingerprint density at radius 1 is 1.33 bits per heavy atom. The Hall–Kier alpha value is -1.59. The third-order valence-corrected chi connectivity index (χ3v) is 4.60. The summed E-state index contributed by atoms with van der Waals surface area (Å²) < 4.78 is 5.18. The van der Waals surface area contributed by atoms with Crippen molar-refractivity contribution in [3.63, 3.8) is 0 Å². The van der Waals surface area contributed by atoms with Crippen LogP contribution in [0.2, 0.25) is 0 Å². The number of ether oxygens (including phenoxy) is 1. The fraction of sp³-hybridized carbons (Fsp3) is 0.438. The minimum Gasteiger partial charge on any atom is -0.497 e. The molecule has 1 saturated carbocycles. The molecule has 1 aromatic heterocycles.